The first-order chi connectivity index (χ1) is 7.76. The average Bonchev–Trinajstić information content (AvgIpc) is 2.66. The summed E-state index contributed by atoms with van der Waals surface area (Å²) in [6, 6.07) is 1.88. The highest BCUT2D eigenvalue weighted by molar-refractivity contribution is 5.89. The second kappa shape index (κ2) is 7.00. The summed E-state index contributed by atoms with van der Waals surface area (Å²) in [5, 5.41) is 12.8. The number of amides is 1. The molecule has 1 amide bonds. The molecule has 0 saturated heterocycles. The Morgan fingerprint density at radius 2 is 2.31 bits per heavy atom. The topological polar surface area (TPSA) is 69.8 Å². The van der Waals surface area contributed by atoms with Gasteiger partial charge in [-0.15, -0.1) is 0 Å². The molecule has 0 aromatic carbocycles. The van der Waals surface area contributed by atoms with Crippen LogP contribution < -0.4 is 10.6 Å². The van der Waals surface area contributed by atoms with Crippen LogP contribution in [0.25, 0.3) is 0 Å². The third-order valence-electron chi connectivity index (χ3n) is 2.20. The van der Waals surface area contributed by atoms with Crippen molar-refractivity contribution in [3.05, 3.63) is 11.8 Å². The zero-order valence-corrected chi connectivity index (χ0v) is 9.97. The zero-order valence-electron chi connectivity index (χ0n) is 9.97. The number of anilines is 1. The zero-order chi connectivity index (χ0) is 11.8. The van der Waals surface area contributed by atoms with Crippen LogP contribution in [-0.2, 0) is 11.2 Å². The van der Waals surface area contributed by atoms with Crippen molar-refractivity contribution >= 4 is 11.7 Å². The molecule has 0 bridgehead atoms. The van der Waals surface area contributed by atoms with E-state index in [4.69, 9.17) is 0 Å². The SMILES string of the molecule is CCCc1cc(NC(=O)CCNCC)n[nH]1. The van der Waals surface area contributed by atoms with E-state index in [9.17, 15) is 4.79 Å². The molecule has 16 heavy (non-hydrogen) atoms. The Labute approximate surface area is 96.0 Å². The molecule has 0 saturated carbocycles. The molecule has 1 rings (SSSR count). The minimum atomic E-state index is -0.00417. The van der Waals surface area contributed by atoms with Crippen LogP contribution in [0.15, 0.2) is 6.07 Å². The van der Waals surface area contributed by atoms with Crippen molar-refractivity contribution in [3.8, 4) is 0 Å². The molecule has 0 aliphatic rings. The molecule has 0 aliphatic carbocycles. The van der Waals surface area contributed by atoms with Gasteiger partial charge in [-0.3, -0.25) is 9.89 Å². The number of aryl methyl sites for hydroxylation is 1. The van der Waals surface area contributed by atoms with Crippen molar-refractivity contribution in [2.75, 3.05) is 18.4 Å². The average molecular weight is 224 g/mol. The fraction of sp³-hybridized carbons (Fsp3) is 0.636. The standard InChI is InChI=1S/C11H20N4O/c1-3-5-9-8-10(15-14-9)13-11(16)6-7-12-4-2/h8,12H,3-7H2,1-2H3,(H2,13,14,15,16). The third kappa shape index (κ3) is 4.44. The van der Waals surface area contributed by atoms with Gasteiger partial charge in [0.15, 0.2) is 5.82 Å². The van der Waals surface area contributed by atoms with Gasteiger partial charge in [-0.1, -0.05) is 20.3 Å². The first kappa shape index (κ1) is 12.7. The fourth-order valence-electron chi connectivity index (χ4n) is 1.41. The Morgan fingerprint density at radius 1 is 1.50 bits per heavy atom. The predicted octanol–water partition coefficient (Wildman–Crippen LogP) is 1.30. The number of aromatic nitrogens is 2. The van der Waals surface area contributed by atoms with Gasteiger partial charge in [-0.25, -0.2) is 0 Å². The lowest BCUT2D eigenvalue weighted by molar-refractivity contribution is -0.116. The molecule has 90 valence electrons. The molecule has 0 radical (unpaired) electrons. The van der Waals surface area contributed by atoms with Gasteiger partial charge < -0.3 is 10.6 Å². The van der Waals surface area contributed by atoms with E-state index in [1.165, 1.54) is 0 Å². The molecular formula is C11H20N4O. The van der Waals surface area contributed by atoms with Crippen LogP contribution in [0.1, 0.15) is 32.4 Å². The second-order valence-electron chi connectivity index (χ2n) is 3.68. The van der Waals surface area contributed by atoms with E-state index in [0.717, 1.165) is 25.1 Å². The first-order valence-electron chi connectivity index (χ1n) is 5.81. The number of nitrogens with zero attached hydrogens (tertiary/aromatic N) is 1. The van der Waals surface area contributed by atoms with Gasteiger partial charge in [0.2, 0.25) is 5.91 Å². The summed E-state index contributed by atoms with van der Waals surface area (Å²) < 4.78 is 0. The van der Waals surface area contributed by atoms with Crippen molar-refractivity contribution in [3.63, 3.8) is 0 Å². The maximum absolute atomic E-state index is 11.4. The smallest absolute Gasteiger partial charge is 0.226 e. The highest BCUT2D eigenvalue weighted by Gasteiger charge is 2.04. The van der Waals surface area contributed by atoms with Crippen LogP contribution in [0.3, 0.4) is 0 Å². The first-order valence-corrected chi connectivity index (χ1v) is 5.81. The van der Waals surface area contributed by atoms with Gasteiger partial charge in [0.05, 0.1) is 0 Å². The van der Waals surface area contributed by atoms with Crippen LogP contribution >= 0.6 is 0 Å². The van der Waals surface area contributed by atoms with E-state index in [2.05, 4.69) is 27.8 Å². The molecule has 5 nitrogen and oxygen atoms in total. The number of hydrogen-bond donors (Lipinski definition) is 3. The molecule has 0 spiro atoms. The summed E-state index contributed by atoms with van der Waals surface area (Å²) in [4.78, 5) is 11.4. The summed E-state index contributed by atoms with van der Waals surface area (Å²) in [7, 11) is 0. The molecule has 0 atom stereocenters. The van der Waals surface area contributed by atoms with Crippen LogP contribution in [0.4, 0.5) is 5.82 Å². The molecule has 0 unspecified atom stereocenters. The summed E-state index contributed by atoms with van der Waals surface area (Å²) in [5.41, 5.74) is 1.06. The van der Waals surface area contributed by atoms with Crippen molar-refractivity contribution in [2.45, 2.75) is 33.1 Å². The number of H-pyrrole nitrogens is 1. The minimum Gasteiger partial charge on any atom is -0.316 e. The summed E-state index contributed by atoms with van der Waals surface area (Å²) in [6.45, 7) is 5.71. The molecule has 0 aliphatic heterocycles. The molecule has 1 aromatic rings. The minimum absolute atomic E-state index is 0.00417. The van der Waals surface area contributed by atoms with Crippen LogP contribution in [0, 0.1) is 0 Å². The molecule has 3 N–H and O–H groups in total. The van der Waals surface area contributed by atoms with Gasteiger partial charge >= 0.3 is 0 Å². The Balaban J connectivity index is 2.31. The van der Waals surface area contributed by atoms with Crippen molar-refractivity contribution < 1.29 is 4.79 Å². The Hall–Kier alpha value is -1.36. The van der Waals surface area contributed by atoms with Gasteiger partial charge in [-0.2, -0.15) is 5.10 Å². The maximum atomic E-state index is 11.4. The van der Waals surface area contributed by atoms with Crippen LogP contribution in [0.5, 0.6) is 0 Å². The Kier molecular flexibility index (Phi) is 5.56. The van der Waals surface area contributed by atoms with Crippen molar-refractivity contribution in [1.82, 2.24) is 15.5 Å². The normalized spacial score (nSPS) is 10.4. The molecule has 0 fully saturated rings. The van der Waals surface area contributed by atoms with Gasteiger partial charge in [0.25, 0.3) is 0 Å². The molecular weight excluding hydrogens is 204 g/mol. The van der Waals surface area contributed by atoms with Crippen molar-refractivity contribution in [2.24, 2.45) is 0 Å². The van der Waals surface area contributed by atoms with Gasteiger partial charge in [0.1, 0.15) is 0 Å². The van der Waals surface area contributed by atoms with E-state index < -0.39 is 0 Å². The van der Waals surface area contributed by atoms with Crippen LogP contribution in [-0.4, -0.2) is 29.2 Å². The Morgan fingerprint density at radius 3 is 3.00 bits per heavy atom. The van der Waals surface area contributed by atoms with Gasteiger partial charge in [-0.05, 0) is 13.0 Å². The second-order valence-corrected chi connectivity index (χ2v) is 3.68. The molecule has 1 heterocycles. The Bertz CT molecular complexity index is 322. The lowest BCUT2D eigenvalue weighted by Gasteiger charge is -2.01. The quantitative estimate of drug-likeness (QED) is 0.611. The number of hydrogen-bond acceptors (Lipinski definition) is 3. The lowest BCUT2D eigenvalue weighted by Crippen LogP contribution is -2.21. The predicted molar refractivity (Wildman–Crippen MR) is 64.4 cm³/mol. The van der Waals surface area contributed by atoms with E-state index in [-0.39, 0.29) is 5.91 Å². The fourth-order valence-corrected chi connectivity index (χ4v) is 1.41. The molecule has 5 heteroatoms. The van der Waals surface area contributed by atoms with E-state index in [0.29, 0.717) is 18.8 Å². The number of rotatable bonds is 7. The van der Waals surface area contributed by atoms with E-state index >= 15 is 0 Å². The van der Waals surface area contributed by atoms with E-state index in [1.807, 2.05) is 13.0 Å². The van der Waals surface area contributed by atoms with Crippen LogP contribution in [0.2, 0.25) is 0 Å². The summed E-state index contributed by atoms with van der Waals surface area (Å²) >= 11 is 0. The van der Waals surface area contributed by atoms with E-state index in [1.54, 1.807) is 0 Å². The summed E-state index contributed by atoms with van der Waals surface area (Å²) in [5.74, 6) is 0.612. The number of carbonyl (C=O) groups is 1. The highest BCUT2D eigenvalue weighted by atomic mass is 16.1. The number of aromatic amines is 1. The highest BCUT2D eigenvalue weighted by Crippen LogP contribution is 2.07. The van der Waals surface area contributed by atoms with Crippen molar-refractivity contribution in [1.29, 1.82) is 0 Å². The number of nitrogens with one attached hydrogen (secondary N) is 3. The lowest BCUT2D eigenvalue weighted by atomic mass is 10.2. The monoisotopic (exact) mass is 224 g/mol. The third-order valence-corrected chi connectivity index (χ3v) is 2.20. The maximum Gasteiger partial charge on any atom is 0.226 e. The molecule has 1 aromatic heterocycles. The number of carbonyl (C=O) groups excluding carboxylic acids is 1. The summed E-state index contributed by atoms with van der Waals surface area (Å²) in [6.07, 6.45) is 2.50. The largest absolute Gasteiger partial charge is 0.316 e. The van der Waals surface area contributed by atoms with Gasteiger partial charge in [0, 0.05) is 24.7 Å².